The van der Waals surface area contributed by atoms with Gasteiger partial charge >= 0.3 is 0 Å². The van der Waals surface area contributed by atoms with E-state index >= 15 is 0 Å². The highest BCUT2D eigenvalue weighted by molar-refractivity contribution is 7.25. The highest BCUT2D eigenvalue weighted by atomic mass is 32.1. The maximum absolute atomic E-state index is 7.23. The van der Waals surface area contributed by atoms with E-state index in [0.717, 1.165) is 49.5 Å². The summed E-state index contributed by atoms with van der Waals surface area (Å²) in [5.74, 6) is 2.16. The molecule has 0 aliphatic heterocycles. The zero-order valence-electron chi connectivity index (χ0n) is 26.2. The van der Waals surface area contributed by atoms with E-state index in [4.69, 9.17) is 14.4 Å². The van der Waals surface area contributed by atoms with Crippen molar-refractivity contribution < 1.29 is 4.42 Å². The second-order valence-electron chi connectivity index (χ2n) is 12.8. The van der Waals surface area contributed by atoms with Crippen molar-refractivity contribution >= 4 is 31.6 Å². The Bertz CT molecular complexity index is 2730. The highest BCUT2D eigenvalue weighted by Crippen LogP contribution is 2.66. The lowest BCUT2D eigenvalue weighted by molar-refractivity contribution is 0.583. The van der Waals surface area contributed by atoms with Crippen LogP contribution in [-0.2, 0) is 5.41 Å². The molecule has 0 radical (unpaired) electrons. The summed E-state index contributed by atoms with van der Waals surface area (Å²) in [4.78, 5) is 11.7. The second kappa shape index (κ2) is 9.96. The van der Waals surface area contributed by atoms with Gasteiger partial charge in [0, 0.05) is 37.7 Å². The van der Waals surface area contributed by atoms with Gasteiger partial charge in [0.25, 0.3) is 0 Å². The molecule has 9 aromatic rings. The smallest absolute Gasteiger partial charge is 0.198 e. The highest BCUT2D eigenvalue weighted by Gasteiger charge is 2.55. The minimum atomic E-state index is -0.560. The lowest BCUT2D eigenvalue weighted by atomic mass is 9.70. The number of aromatic nitrogens is 2. The summed E-state index contributed by atoms with van der Waals surface area (Å²) in [6.07, 6.45) is 0. The van der Waals surface area contributed by atoms with Gasteiger partial charge in [-0.15, -0.1) is 11.3 Å². The van der Waals surface area contributed by atoms with E-state index in [9.17, 15) is 0 Å². The van der Waals surface area contributed by atoms with Crippen molar-refractivity contribution in [2.45, 2.75) is 5.41 Å². The SMILES string of the molecule is c1ccc(-c2oc(-c3nc(-c4ccccc4)c4c(n3)sc3ccccc34)c3c2C2(c4ccccc4-c4ccccc42)c2ccccc2-3)cc1. The standard InChI is InChI=1S/C45H26N2OS/c1-3-15-27(16-4-1)40-38-32-22-10-14-26-36(32)49-44(38)47-43(46-40)42-37-31-21-9-13-25-35(31)45(39(37)41(48-42)28-17-5-2-6-18-28)33-23-11-7-19-29(33)30-20-8-12-24-34(30)45/h1-26H. The van der Waals surface area contributed by atoms with E-state index in [2.05, 4.69) is 152 Å². The van der Waals surface area contributed by atoms with Crippen LogP contribution in [0.4, 0.5) is 0 Å². The minimum Gasteiger partial charge on any atom is -0.452 e. The predicted molar refractivity (Wildman–Crippen MR) is 200 cm³/mol. The number of thiophene rings is 1. The van der Waals surface area contributed by atoms with Crippen LogP contribution in [0.25, 0.3) is 76.7 Å². The molecule has 2 aliphatic rings. The van der Waals surface area contributed by atoms with Crippen LogP contribution in [0, 0.1) is 0 Å². The molecule has 1 spiro atoms. The monoisotopic (exact) mass is 642 g/mol. The third-order valence-corrected chi connectivity index (χ3v) is 11.4. The van der Waals surface area contributed by atoms with Crippen molar-refractivity contribution in [3.63, 3.8) is 0 Å². The lowest BCUT2D eigenvalue weighted by Crippen LogP contribution is -2.26. The summed E-state index contributed by atoms with van der Waals surface area (Å²) in [6.45, 7) is 0. The first-order valence-electron chi connectivity index (χ1n) is 16.6. The largest absolute Gasteiger partial charge is 0.452 e. The third kappa shape index (κ3) is 3.51. The van der Waals surface area contributed by atoms with Crippen LogP contribution in [-0.4, -0.2) is 9.97 Å². The molecule has 6 aromatic carbocycles. The molecule has 3 nitrogen and oxygen atoms in total. The number of fused-ring (bicyclic) bond motifs is 13. The molecule has 3 aromatic heterocycles. The molecule has 228 valence electrons. The van der Waals surface area contributed by atoms with Gasteiger partial charge < -0.3 is 4.42 Å². The van der Waals surface area contributed by atoms with Crippen LogP contribution in [0.3, 0.4) is 0 Å². The first-order valence-corrected chi connectivity index (χ1v) is 17.4. The molecule has 11 rings (SSSR count). The molecule has 0 amide bonds. The lowest BCUT2D eigenvalue weighted by Gasteiger charge is -2.30. The minimum absolute atomic E-state index is 0.560. The third-order valence-electron chi connectivity index (χ3n) is 10.4. The normalized spacial score (nSPS) is 13.5. The van der Waals surface area contributed by atoms with Crippen LogP contribution < -0.4 is 0 Å². The van der Waals surface area contributed by atoms with Crippen LogP contribution in [0.2, 0.25) is 0 Å². The van der Waals surface area contributed by atoms with Gasteiger partial charge in [-0.1, -0.05) is 152 Å². The number of furan rings is 1. The van der Waals surface area contributed by atoms with Crippen LogP contribution in [0.1, 0.15) is 22.3 Å². The van der Waals surface area contributed by atoms with Crippen LogP contribution >= 0.6 is 11.3 Å². The Hall–Kier alpha value is -6.10. The summed E-state index contributed by atoms with van der Waals surface area (Å²) in [5.41, 5.74) is 12.2. The van der Waals surface area contributed by atoms with E-state index in [0.29, 0.717) is 11.6 Å². The van der Waals surface area contributed by atoms with Gasteiger partial charge in [0.2, 0.25) is 0 Å². The number of hydrogen-bond acceptors (Lipinski definition) is 4. The predicted octanol–water partition coefficient (Wildman–Crippen LogP) is 11.8. The Morgan fingerprint density at radius 1 is 0.490 bits per heavy atom. The van der Waals surface area contributed by atoms with E-state index in [-0.39, 0.29) is 0 Å². The fourth-order valence-corrected chi connectivity index (χ4v) is 9.56. The maximum atomic E-state index is 7.23. The molecule has 4 heteroatoms. The molecule has 0 saturated carbocycles. The maximum Gasteiger partial charge on any atom is 0.198 e. The molecule has 0 atom stereocenters. The van der Waals surface area contributed by atoms with Crippen molar-refractivity contribution in [3.8, 4) is 56.4 Å². The zero-order chi connectivity index (χ0) is 32.1. The Balaban J connectivity index is 1.30. The topological polar surface area (TPSA) is 38.9 Å². The van der Waals surface area contributed by atoms with Gasteiger partial charge in [-0.2, -0.15) is 0 Å². The van der Waals surface area contributed by atoms with Gasteiger partial charge in [0.15, 0.2) is 11.6 Å². The summed E-state index contributed by atoms with van der Waals surface area (Å²) >= 11 is 1.71. The van der Waals surface area contributed by atoms with Gasteiger partial charge in [-0.05, 0) is 39.4 Å². The number of nitrogens with zero attached hydrogens (tertiary/aromatic N) is 2. The molecule has 0 saturated heterocycles. The van der Waals surface area contributed by atoms with Crippen LogP contribution in [0.15, 0.2) is 162 Å². The molecular weight excluding hydrogens is 617 g/mol. The van der Waals surface area contributed by atoms with E-state index in [1.165, 1.54) is 37.9 Å². The molecule has 0 fully saturated rings. The Labute approximate surface area is 286 Å². The Morgan fingerprint density at radius 2 is 1.04 bits per heavy atom. The Morgan fingerprint density at radius 3 is 1.73 bits per heavy atom. The zero-order valence-corrected chi connectivity index (χ0v) is 27.0. The number of hydrogen-bond donors (Lipinski definition) is 0. The average molecular weight is 643 g/mol. The first-order chi connectivity index (χ1) is 24.3. The molecule has 2 aliphatic carbocycles. The molecule has 0 unspecified atom stereocenters. The summed E-state index contributed by atoms with van der Waals surface area (Å²) < 4.78 is 8.42. The van der Waals surface area contributed by atoms with E-state index in [1.54, 1.807) is 11.3 Å². The molecule has 3 heterocycles. The number of rotatable bonds is 3. The van der Waals surface area contributed by atoms with E-state index in [1.807, 2.05) is 6.07 Å². The average Bonchev–Trinajstić information content (AvgIpc) is 3.91. The second-order valence-corrected chi connectivity index (χ2v) is 13.8. The van der Waals surface area contributed by atoms with Crippen molar-refractivity contribution in [3.05, 3.63) is 180 Å². The molecular formula is C45H26N2OS. The fourth-order valence-electron chi connectivity index (χ4n) is 8.48. The van der Waals surface area contributed by atoms with Gasteiger partial charge in [0.05, 0.1) is 11.1 Å². The summed E-state index contributed by atoms with van der Waals surface area (Å²) in [5, 5.41) is 2.25. The summed E-state index contributed by atoms with van der Waals surface area (Å²) in [7, 11) is 0. The molecule has 49 heavy (non-hydrogen) atoms. The molecule has 0 N–H and O–H groups in total. The van der Waals surface area contributed by atoms with Crippen molar-refractivity contribution in [2.24, 2.45) is 0 Å². The first kappa shape index (κ1) is 26.9. The van der Waals surface area contributed by atoms with Gasteiger partial charge in [-0.3, -0.25) is 0 Å². The van der Waals surface area contributed by atoms with Crippen molar-refractivity contribution in [2.75, 3.05) is 0 Å². The molecule has 0 bridgehead atoms. The van der Waals surface area contributed by atoms with Crippen molar-refractivity contribution in [1.29, 1.82) is 0 Å². The summed E-state index contributed by atoms with van der Waals surface area (Å²) in [6, 6.07) is 56.1. The number of benzene rings is 6. The Kier molecular flexibility index (Phi) is 5.47. The fraction of sp³-hybridized carbons (Fsp3) is 0.0222. The quantitative estimate of drug-likeness (QED) is 0.192. The van der Waals surface area contributed by atoms with Crippen molar-refractivity contribution in [1.82, 2.24) is 9.97 Å². The van der Waals surface area contributed by atoms with Crippen LogP contribution in [0.5, 0.6) is 0 Å². The van der Waals surface area contributed by atoms with Gasteiger partial charge in [-0.25, -0.2) is 9.97 Å². The van der Waals surface area contributed by atoms with E-state index < -0.39 is 5.41 Å². The van der Waals surface area contributed by atoms with Gasteiger partial charge in [0.1, 0.15) is 10.6 Å².